The average molecular weight is 231 g/mol. The summed E-state index contributed by atoms with van der Waals surface area (Å²) in [4.78, 5) is 12.4. The maximum absolute atomic E-state index is 5.73. The number of thiocarbonyl (C=S) groups is 1. The molecule has 0 unspecified atom stereocenters. The van der Waals surface area contributed by atoms with Crippen molar-refractivity contribution in [2.24, 2.45) is 5.73 Å². The van der Waals surface area contributed by atoms with Crippen molar-refractivity contribution in [2.75, 3.05) is 5.73 Å². The minimum absolute atomic E-state index is 0.193. The van der Waals surface area contributed by atoms with Gasteiger partial charge in [-0.3, -0.25) is 4.98 Å². The van der Waals surface area contributed by atoms with Crippen molar-refractivity contribution in [3.8, 4) is 11.4 Å². The maximum atomic E-state index is 5.73. The molecule has 6 heteroatoms. The molecule has 0 bridgehead atoms. The Balaban J connectivity index is 2.46. The molecule has 0 aliphatic carbocycles. The molecule has 2 rings (SSSR count). The summed E-state index contributed by atoms with van der Waals surface area (Å²) in [6.45, 7) is 0. The van der Waals surface area contributed by atoms with Crippen molar-refractivity contribution < 1.29 is 0 Å². The van der Waals surface area contributed by atoms with Crippen LogP contribution in [-0.4, -0.2) is 19.9 Å². The molecule has 0 atom stereocenters. The Morgan fingerprint density at radius 2 is 1.94 bits per heavy atom. The van der Waals surface area contributed by atoms with Gasteiger partial charge in [0, 0.05) is 24.2 Å². The standard InChI is InChI=1S/C10H9N5S/c11-8-7(9(12)16)5-14-10(15-8)6-1-3-13-4-2-6/h1-5H,(H2,12,16)(H2,11,14,15). The van der Waals surface area contributed by atoms with Crippen LogP contribution < -0.4 is 11.5 Å². The molecule has 2 heterocycles. The third-order valence-electron chi connectivity index (χ3n) is 2.02. The van der Waals surface area contributed by atoms with Gasteiger partial charge in [-0.05, 0) is 12.1 Å². The first-order valence-corrected chi connectivity index (χ1v) is 4.92. The predicted molar refractivity (Wildman–Crippen MR) is 65.6 cm³/mol. The molecule has 0 aliphatic heterocycles. The van der Waals surface area contributed by atoms with Gasteiger partial charge in [0.15, 0.2) is 5.82 Å². The van der Waals surface area contributed by atoms with E-state index in [4.69, 9.17) is 23.7 Å². The van der Waals surface area contributed by atoms with Crippen molar-refractivity contribution >= 4 is 23.0 Å². The quantitative estimate of drug-likeness (QED) is 0.741. The second kappa shape index (κ2) is 4.19. The number of nitrogens with zero attached hydrogens (tertiary/aromatic N) is 3. The lowest BCUT2D eigenvalue weighted by molar-refractivity contribution is 1.17. The molecule has 0 saturated heterocycles. The minimum Gasteiger partial charge on any atom is -0.389 e. The van der Waals surface area contributed by atoms with E-state index in [1.165, 1.54) is 6.20 Å². The minimum atomic E-state index is 0.193. The summed E-state index contributed by atoms with van der Waals surface area (Å²) in [7, 11) is 0. The van der Waals surface area contributed by atoms with Gasteiger partial charge in [0.05, 0.1) is 5.56 Å². The molecule has 0 aliphatic rings. The maximum Gasteiger partial charge on any atom is 0.161 e. The van der Waals surface area contributed by atoms with Crippen LogP contribution in [0.5, 0.6) is 0 Å². The predicted octanol–water partition coefficient (Wildman–Crippen LogP) is 0.755. The molecule has 4 N–H and O–H groups in total. The molecule has 5 nitrogen and oxygen atoms in total. The molecule has 0 amide bonds. The van der Waals surface area contributed by atoms with E-state index in [0.717, 1.165) is 5.56 Å². The van der Waals surface area contributed by atoms with E-state index in [0.29, 0.717) is 11.4 Å². The van der Waals surface area contributed by atoms with Crippen molar-refractivity contribution in [3.05, 3.63) is 36.3 Å². The smallest absolute Gasteiger partial charge is 0.161 e. The molecule has 0 fully saturated rings. The third-order valence-corrected chi connectivity index (χ3v) is 2.24. The van der Waals surface area contributed by atoms with Crippen molar-refractivity contribution in [1.29, 1.82) is 0 Å². The highest BCUT2D eigenvalue weighted by atomic mass is 32.1. The monoisotopic (exact) mass is 231 g/mol. The van der Waals surface area contributed by atoms with Crippen molar-refractivity contribution in [2.45, 2.75) is 0 Å². The van der Waals surface area contributed by atoms with E-state index in [-0.39, 0.29) is 10.8 Å². The van der Waals surface area contributed by atoms with Crippen LogP contribution in [-0.2, 0) is 0 Å². The molecular weight excluding hydrogens is 222 g/mol. The Hall–Kier alpha value is -2.08. The highest BCUT2D eigenvalue weighted by Gasteiger charge is 2.07. The van der Waals surface area contributed by atoms with E-state index in [1.54, 1.807) is 24.5 Å². The zero-order chi connectivity index (χ0) is 11.5. The highest BCUT2D eigenvalue weighted by molar-refractivity contribution is 7.80. The first-order chi connectivity index (χ1) is 7.68. The fraction of sp³-hybridized carbons (Fsp3) is 0. The van der Waals surface area contributed by atoms with Gasteiger partial charge in [0.2, 0.25) is 0 Å². The fourth-order valence-corrected chi connectivity index (χ4v) is 1.38. The Kier molecular flexibility index (Phi) is 2.74. The highest BCUT2D eigenvalue weighted by Crippen LogP contribution is 2.16. The molecule has 0 spiro atoms. The number of hydrogen-bond acceptors (Lipinski definition) is 5. The summed E-state index contributed by atoms with van der Waals surface area (Å²) in [6.07, 6.45) is 4.85. The number of hydrogen-bond donors (Lipinski definition) is 2. The molecule has 0 radical (unpaired) electrons. The van der Waals surface area contributed by atoms with Crippen LogP contribution in [0.3, 0.4) is 0 Å². The zero-order valence-electron chi connectivity index (χ0n) is 8.29. The van der Waals surface area contributed by atoms with Crippen molar-refractivity contribution in [3.63, 3.8) is 0 Å². The lowest BCUT2D eigenvalue weighted by atomic mass is 10.2. The number of pyridine rings is 1. The van der Waals surface area contributed by atoms with Crippen molar-refractivity contribution in [1.82, 2.24) is 15.0 Å². The topological polar surface area (TPSA) is 90.7 Å². The average Bonchev–Trinajstić information content (AvgIpc) is 2.29. The largest absolute Gasteiger partial charge is 0.389 e. The lowest BCUT2D eigenvalue weighted by Crippen LogP contribution is -2.14. The lowest BCUT2D eigenvalue weighted by Gasteiger charge is -2.04. The molecule has 0 saturated carbocycles. The fourth-order valence-electron chi connectivity index (χ4n) is 1.22. The molecular formula is C10H9N5S. The first kappa shape index (κ1) is 10.4. The van der Waals surface area contributed by atoms with Gasteiger partial charge in [-0.2, -0.15) is 0 Å². The number of rotatable bonds is 2. The van der Waals surface area contributed by atoms with Gasteiger partial charge >= 0.3 is 0 Å². The molecule has 80 valence electrons. The van der Waals surface area contributed by atoms with E-state index in [2.05, 4.69) is 15.0 Å². The van der Waals surface area contributed by atoms with Crippen LogP contribution in [0.2, 0.25) is 0 Å². The molecule has 2 aromatic rings. The number of nitrogen functional groups attached to an aromatic ring is 1. The molecule has 2 aromatic heterocycles. The van der Waals surface area contributed by atoms with Gasteiger partial charge in [-0.15, -0.1) is 0 Å². The summed E-state index contributed by atoms with van der Waals surface area (Å²) in [6, 6.07) is 3.60. The summed E-state index contributed by atoms with van der Waals surface area (Å²) >= 11 is 4.82. The number of aromatic nitrogens is 3. The Bertz CT molecular complexity index is 526. The zero-order valence-corrected chi connectivity index (χ0v) is 9.11. The van der Waals surface area contributed by atoms with Gasteiger partial charge in [-0.25, -0.2) is 9.97 Å². The third kappa shape index (κ3) is 1.96. The van der Waals surface area contributed by atoms with E-state index in [1.807, 2.05) is 0 Å². The number of nitrogens with two attached hydrogens (primary N) is 2. The Labute approximate surface area is 97.6 Å². The summed E-state index contributed by atoms with van der Waals surface area (Å²) in [5, 5.41) is 0. The molecule has 16 heavy (non-hydrogen) atoms. The van der Waals surface area contributed by atoms with E-state index >= 15 is 0 Å². The Morgan fingerprint density at radius 1 is 1.25 bits per heavy atom. The van der Waals surface area contributed by atoms with Gasteiger partial charge in [0.1, 0.15) is 10.8 Å². The second-order valence-electron chi connectivity index (χ2n) is 3.09. The van der Waals surface area contributed by atoms with E-state index in [9.17, 15) is 0 Å². The van der Waals surface area contributed by atoms with Gasteiger partial charge in [-0.1, -0.05) is 12.2 Å². The van der Waals surface area contributed by atoms with E-state index < -0.39 is 0 Å². The summed E-state index contributed by atoms with van der Waals surface area (Å²) < 4.78 is 0. The van der Waals surface area contributed by atoms with Crippen LogP contribution in [0.4, 0.5) is 5.82 Å². The normalized spacial score (nSPS) is 10.0. The van der Waals surface area contributed by atoms with Crippen LogP contribution >= 0.6 is 12.2 Å². The SMILES string of the molecule is NC(=S)c1cnc(-c2ccncc2)nc1N. The van der Waals surface area contributed by atoms with Crippen LogP contribution in [0.25, 0.3) is 11.4 Å². The Morgan fingerprint density at radius 3 is 2.50 bits per heavy atom. The van der Waals surface area contributed by atoms with Crippen LogP contribution in [0.15, 0.2) is 30.7 Å². The van der Waals surface area contributed by atoms with Gasteiger partial charge in [0.25, 0.3) is 0 Å². The van der Waals surface area contributed by atoms with Crippen LogP contribution in [0, 0.1) is 0 Å². The summed E-state index contributed by atoms with van der Waals surface area (Å²) in [5.41, 5.74) is 12.5. The second-order valence-corrected chi connectivity index (χ2v) is 3.53. The summed E-state index contributed by atoms with van der Waals surface area (Å²) in [5.74, 6) is 0.814. The number of anilines is 1. The van der Waals surface area contributed by atoms with Gasteiger partial charge < -0.3 is 11.5 Å². The first-order valence-electron chi connectivity index (χ1n) is 4.51. The van der Waals surface area contributed by atoms with Crippen LogP contribution in [0.1, 0.15) is 5.56 Å². The molecule has 0 aromatic carbocycles.